The number of epoxide rings is 1. The van der Waals surface area contributed by atoms with Gasteiger partial charge >= 0.3 is 11.9 Å². The van der Waals surface area contributed by atoms with E-state index in [0.717, 1.165) is 25.7 Å². The molecule has 0 aromatic carbocycles. The highest BCUT2D eigenvalue weighted by Gasteiger charge is 2.53. The van der Waals surface area contributed by atoms with Crippen molar-refractivity contribution in [3.8, 4) is 0 Å². The smallest absolute Gasteiger partial charge is 0.309 e. The van der Waals surface area contributed by atoms with Crippen LogP contribution in [0.25, 0.3) is 0 Å². The molecule has 1 aliphatic carbocycles. The lowest BCUT2D eigenvalue weighted by atomic mass is 9.79. The lowest BCUT2D eigenvalue weighted by Gasteiger charge is -2.25. The highest BCUT2D eigenvalue weighted by Crippen LogP contribution is 2.43. The molecule has 5 nitrogen and oxygen atoms in total. The number of aliphatic carboxylic acids is 1. The first-order chi connectivity index (χ1) is 10.1. The van der Waals surface area contributed by atoms with E-state index in [9.17, 15) is 14.7 Å². The van der Waals surface area contributed by atoms with E-state index >= 15 is 0 Å². The minimum Gasteiger partial charge on any atom is -0.481 e. The van der Waals surface area contributed by atoms with Crippen molar-refractivity contribution in [2.45, 2.75) is 64.6 Å². The largest absolute Gasteiger partial charge is 0.481 e. The Balaban J connectivity index is 1.84. The highest BCUT2D eigenvalue weighted by atomic mass is 16.6. The molecule has 5 heteroatoms. The summed E-state index contributed by atoms with van der Waals surface area (Å²) in [6.07, 6.45) is 5.35. The maximum Gasteiger partial charge on any atom is 0.309 e. The van der Waals surface area contributed by atoms with Gasteiger partial charge in [0.1, 0.15) is 0 Å². The van der Waals surface area contributed by atoms with Crippen molar-refractivity contribution in [2.24, 2.45) is 17.8 Å². The molecule has 2 aliphatic rings. The number of carbonyl (C=O) groups is 2. The Kier molecular flexibility index (Phi) is 5.62. The van der Waals surface area contributed by atoms with Crippen LogP contribution in [0.1, 0.15) is 52.4 Å². The number of hydrogen-bond acceptors (Lipinski definition) is 4. The van der Waals surface area contributed by atoms with E-state index in [-0.39, 0.29) is 18.2 Å². The number of carbonyl (C=O) groups excluding carboxylic acids is 1. The summed E-state index contributed by atoms with van der Waals surface area (Å²) >= 11 is 0. The Morgan fingerprint density at radius 1 is 1.24 bits per heavy atom. The third-order valence-corrected chi connectivity index (χ3v) is 4.77. The van der Waals surface area contributed by atoms with Gasteiger partial charge in [-0.2, -0.15) is 0 Å². The van der Waals surface area contributed by atoms with Crippen LogP contribution < -0.4 is 0 Å². The van der Waals surface area contributed by atoms with E-state index in [0.29, 0.717) is 25.4 Å². The van der Waals surface area contributed by atoms with Crippen molar-refractivity contribution >= 4 is 11.9 Å². The standard InChI is InChI=1S/C16H26O5/c1-3-5-6-10(4-2)9-20-16(19)12-8-14-13(21-14)7-11(12)15(17)18/h10-14H,3-9H2,1-2H3,(H,17,18). The van der Waals surface area contributed by atoms with Crippen LogP contribution in [-0.4, -0.2) is 35.9 Å². The molecule has 0 bridgehead atoms. The molecular weight excluding hydrogens is 272 g/mol. The van der Waals surface area contributed by atoms with Gasteiger partial charge < -0.3 is 14.6 Å². The van der Waals surface area contributed by atoms with Gasteiger partial charge in [-0.05, 0) is 25.2 Å². The predicted molar refractivity (Wildman–Crippen MR) is 76.8 cm³/mol. The van der Waals surface area contributed by atoms with Gasteiger partial charge in [-0.25, -0.2) is 0 Å². The first-order valence-electron chi connectivity index (χ1n) is 8.11. The molecule has 1 aliphatic heterocycles. The van der Waals surface area contributed by atoms with E-state index < -0.39 is 17.8 Å². The van der Waals surface area contributed by atoms with Crippen LogP contribution in [0.3, 0.4) is 0 Å². The van der Waals surface area contributed by atoms with Crippen LogP contribution in [0.2, 0.25) is 0 Å². The van der Waals surface area contributed by atoms with E-state index in [2.05, 4.69) is 13.8 Å². The molecule has 2 rings (SSSR count). The van der Waals surface area contributed by atoms with Crippen LogP contribution in [0.4, 0.5) is 0 Å². The van der Waals surface area contributed by atoms with Crippen molar-refractivity contribution in [3.05, 3.63) is 0 Å². The van der Waals surface area contributed by atoms with Crippen LogP contribution in [0.5, 0.6) is 0 Å². The highest BCUT2D eigenvalue weighted by molar-refractivity contribution is 5.81. The number of carboxylic acid groups (broad SMARTS) is 1. The number of unbranched alkanes of at least 4 members (excludes halogenated alkanes) is 1. The maximum absolute atomic E-state index is 12.2. The summed E-state index contributed by atoms with van der Waals surface area (Å²) < 4.78 is 10.8. The molecule has 1 saturated carbocycles. The van der Waals surface area contributed by atoms with Crippen molar-refractivity contribution in [2.75, 3.05) is 6.61 Å². The Labute approximate surface area is 126 Å². The van der Waals surface area contributed by atoms with Gasteiger partial charge in [-0.15, -0.1) is 0 Å². The van der Waals surface area contributed by atoms with Gasteiger partial charge in [0, 0.05) is 0 Å². The zero-order valence-corrected chi connectivity index (χ0v) is 12.9. The third kappa shape index (κ3) is 4.19. The molecule has 0 aromatic rings. The molecular formula is C16H26O5. The summed E-state index contributed by atoms with van der Waals surface area (Å²) in [5.41, 5.74) is 0. The van der Waals surface area contributed by atoms with Crippen LogP contribution in [-0.2, 0) is 19.1 Å². The van der Waals surface area contributed by atoms with Gasteiger partial charge in [0.25, 0.3) is 0 Å². The first kappa shape index (κ1) is 16.3. The summed E-state index contributed by atoms with van der Waals surface area (Å²) in [4.78, 5) is 23.5. The van der Waals surface area contributed by atoms with Crippen LogP contribution in [0.15, 0.2) is 0 Å². The number of ether oxygens (including phenoxy) is 2. The average Bonchev–Trinajstić information content (AvgIpc) is 3.24. The Bertz CT molecular complexity index is 381. The third-order valence-electron chi connectivity index (χ3n) is 4.77. The van der Waals surface area contributed by atoms with Gasteiger partial charge in [0.05, 0.1) is 30.7 Å². The molecule has 2 fully saturated rings. The molecule has 1 N–H and O–H groups in total. The summed E-state index contributed by atoms with van der Waals surface area (Å²) in [5, 5.41) is 9.27. The van der Waals surface area contributed by atoms with Gasteiger partial charge in [0.15, 0.2) is 0 Å². The Morgan fingerprint density at radius 2 is 1.90 bits per heavy atom. The number of fused-ring (bicyclic) bond motifs is 1. The second-order valence-electron chi connectivity index (χ2n) is 6.28. The number of rotatable bonds is 8. The monoisotopic (exact) mass is 298 g/mol. The van der Waals surface area contributed by atoms with Gasteiger partial charge in [0.2, 0.25) is 0 Å². The quantitative estimate of drug-likeness (QED) is 0.550. The topological polar surface area (TPSA) is 76.1 Å². The minimum atomic E-state index is -0.913. The van der Waals surface area contributed by atoms with Crippen LogP contribution >= 0.6 is 0 Å². The number of esters is 1. The van der Waals surface area contributed by atoms with E-state index in [4.69, 9.17) is 9.47 Å². The maximum atomic E-state index is 12.2. The molecule has 0 radical (unpaired) electrons. The van der Waals surface area contributed by atoms with Gasteiger partial charge in [-0.3, -0.25) is 9.59 Å². The normalized spacial score (nSPS) is 32.1. The van der Waals surface area contributed by atoms with Crippen LogP contribution in [0, 0.1) is 17.8 Å². The molecule has 0 spiro atoms. The number of carboxylic acids is 1. The molecule has 1 heterocycles. The fraction of sp³-hybridized carbons (Fsp3) is 0.875. The van der Waals surface area contributed by atoms with Gasteiger partial charge in [-0.1, -0.05) is 33.1 Å². The van der Waals surface area contributed by atoms with E-state index in [1.54, 1.807) is 0 Å². The summed E-state index contributed by atoms with van der Waals surface area (Å²) in [6, 6.07) is 0. The molecule has 5 atom stereocenters. The summed E-state index contributed by atoms with van der Waals surface area (Å²) in [6.45, 7) is 4.65. The van der Waals surface area contributed by atoms with Crippen molar-refractivity contribution in [1.82, 2.24) is 0 Å². The zero-order valence-electron chi connectivity index (χ0n) is 12.9. The lowest BCUT2D eigenvalue weighted by molar-refractivity contribution is -0.160. The summed E-state index contributed by atoms with van der Waals surface area (Å²) in [5.74, 6) is -2.09. The van der Waals surface area contributed by atoms with Crippen molar-refractivity contribution in [1.29, 1.82) is 0 Å². The fourth-order valence-corrected chi connectivity index (χ4v) is 3.16. The van der Waals surface area contributed by atoms with Crippen molar-refractivity contribution in [3.63, 3.8) is 0 Å². The fourth-order valence-electron chi connectivity index (χ4n) is 3.16. The average molecular weight is 298 g/mol. The molecule has 0 amide bonds. The Hall–Kier alpha value is -1.10. The summed E-state index contributed by atoms with van der Waals surface area (Å²) in [7, 11) is 0. The van der Waals surface area contributed by atoms with Crippen molar-refractivity contribution < 1.29 is 24.2 Å². The molecule has 0 aromatic heterocycles. The Morgan fingerprint density at radius 3 is 2.48 bits per heavy atom. The zero-order chi connectivity index (χ0) is 15.4. The minimum absolute atomic E-state index is 0.0445. The number of hydrogen-bond donors (Lipinski definition) is 1. The van der Waals surface area contributed by atoms with E-state index in [1.165, 1.54) is 0 Å². The molecule has 21 heavy (non-hydrogen) atoms. The molecule has 1 saturated heterocycles. The molecule has 5 unspecified atom stereocenters. The SMILES string of the molecule is CCCCC(CC)COC(=O)C1CC2OC2CC1C(=O)O. The predicted octanol–water partition coefficient (Wildman–Crippen LogP) is 2.62. The first-order valence-corrected chi connectivity index (χ1v) is 8.11. The van der Waals surface area contributed by atoms with E-state index in [1.807, 2.05) is 0 Å². The second-order valence-corrected chi connectivity index (χ2v) is 6.28. The second kappa shape index (κ2) is 7.25. The molecule has 120 valence electrons. The lowest BCUT2D eigenvalue weighted by Crippen LogP contribution is -2.37.